The first-order chi connectivity index (χ1) is 13.3. The van der Waals surface area contributed by atoms with E-state index in [1.165, 1.54) is 6.92 Å². The highest BCUT2D eigenvalue weighted by molar-refractivity contribution is 7.18. The summed E-state index contributed by atoms with van der Waals surface area (Å²) in [6.45, 7) is 4.80. The van der Waals surface area contributed by atoms with Crippen molar-refractivity contribution in [3.05, 3.63) is 62.3 Å². The topological polar surface area (TPSA) is 103 Å². The number of hydrogen-bond donors (Lipinski definition) is 1. The normalized spacial score (nSPS) is 10.7. The third-order valence-electron chi connectivity index (χ3n) is 4.03. The van der Waals surface area contributed by atoms with E-state index < -0.39 is 11.9 Å². The summed E-state index contributed by atoms with van der Waals surface area (Å²) in [5.74, 6) is -1.77. The fourth-order valence-electron chi connectivity index (χ4n) is 2.77. The van der Waals surface area contributed by atoms with E-state index in [4.69, 9.17) is 9.15 Å². The number of hydrogen-bond acceptors (Lipinski definition) is 7. The van der Waals surface area contributed by atoms with Gasteiger partial charge in [0, 0.05) is 6.07 Å². The number of anilines is 1. The van der Waals surface area contributed by atoms with Crippen LogP contribution in [-0.4, -0.2) is 24.3 Å². The zero-order valence-corrected chi connectivity index (χ0v) is 16.3. The van der Waals surface area contributed by atoms with Crippen molar-refractivity contribution in [2.75, 3.05) is 11.9 Å². The first-order valence-electron chi connectivity index (χ1n) is 8.49. The summed E-state index contributed by atoms with van der Waals surface area (Å²) < 4.78 is 10.6. The van der Waals surface area contributed by atoms with Crippen LogP contribution in [0.2, 0.25) is 0 Å². The fraction of sp³-hybridized carbons (Fsp3) is 0.200. The molecule has 28 heavy (non-hydrogen) atoms. The van der Waals surface area contributed by atoms with E-state index in [0.29, 0.717) is 15.8 Å². The van der Waals surface area contributed by atoms with Gasteiger partial charge in [-0.3, -0.25) is 14.4 Å². The lowest BCUT2D eigenvalue weighted by Crippen LogP contribution is -2.16. The predicted octanol–water partition coefficient (Wildman–Crippen LogP) is 3.79. The minimum atomic E-state index is -0.704. The Labute approximate surface area is 163 Å². The van der Waals surface area contributed by atoms with Crippen molar-refractivity contribution in [2.24, 2.45) is 0 Å². The Hall–Kier alpha value is -3.26. The molecule has 0 unspecified atom stereocenters. The lowest BCUT2D eigenvalue weighted by Gasteiger charge is -2.07. The van der Waals surface area contributed by atoms with Gasteiger partial charge in [-0.05, 0) is 38.5 Å². The molecule has 0 aliphatic carbocycles. The molecule has 0 saturated heterocycles. The van der Waals surface area contributed by atoms with Crippen LogP contribution in [0, 0.1) is 6.92 Å². The lowest BCUT2D eigenvalue weighted by molar-refractivity contribution is 0.0527. The van der Waals surface area contributed by atoms with Crippen LogP contribution < -0.4 is 10.7 Å². The van der Waals surface area contributed by atoms with Crippen LogP contribution in [0.5, 0.6) is 0 Å². The number of para-hydroxylation sites is 1. The zero-order valence-electron chi connectivity index (χ0n) is 15.5. The summed E-state index contributed by atoms with van der Waals surface area (Å²) in [5.41, 5.74) is 0.474. The Balaban J connectivity index is 2.02. The number of esters is 1. The maximum atomic E-state index is 12.7. The zero-order chi connectivity index (χ0) is 20.4. The van der Waals surface area contributed by atoms with Crippen LogP contribution in [0.25, 0.3) is 11.0 Å². The number of ketones is 1. The number of amides is 1. The van der Waals surface area contributed by atoms with Crippen LogP contribution in [-0.2, 0) is 4.74 Å². The van der Waals surface area contributed by atoms with Gasteiger partial charge in [0.1, 0.15) is 10.6 Å². The molecule has 3 aromatic rings. The molecule has 144 valence electrons. The average Bonchev–Trinajstić information content (AvgIpc) is 2.98. The van der Waals surface area contributed by atoms with E-state index in [1.807, 2.05) is 0 Å². The molecule has 0 fully saturated rings. The van der Waals surface area contributed by atoms with Gasteiger partial charge >= 0.3 is 5.97 Å². The van der Waals surface area contributed by atoms with E-state index in [1.54, 1.807) is 38.1 Å². The summed E-state index contributed by atoms with van der Waals surface area (Å²) in [6.07, 6.45) is 0. The van der Waals surface area contributed by atoms with Crippen LogP contribution in [0.15, 0.2) is 39.5 Å². The van der Waals surface area contributed by atoms with Gasteiger partial charge in [-0.1, -0.05) is 12.1 Å². The number of carbonyl (C=O) groups is 3. The Morgan fingerprint density at radius 3 is 2.61 bits per heavy atom. The summed E-state index contributed by atoms with van der Waals surface area (Å²) in [4.78, 5) is 49.4. The van der Waals surface area contributed by atoms with E-state index in [0.717, 1.165) is 17.4 Å². The summed E-state index contributed by atoms with van der Waals surface area (Å²) in [5, 5.41) is 3.09. The van der Waals surface area contributed by atoms with Crippen LogP contribution in [0.1, 0.15) is 50.0 Å². The molecular formula is C20H17NO6S. The number of thiophene rings is 1. The van der Waals surface area contributed by atoms with Gasteiger partial charge in [-0.15, -0.1) is 11.3 Å². The smallest absolute Gasteiger partial charge is 0.341 e. The molecule has 0 aliphatic heterocycles. The van der Waals surface area contributed by atoms with E-state index >= 15 is 0 Å². The molecule has 0 spiro atoms. The molecule has 3 rings (SSSR count). The minimum Gasteiger partial charge on any atom is -0.462 e. The third kappa shape index (κ3) is 3.59. The molecule has 1 amide bonds. The first-order valence-corrected chi connectivity index (χ1v) is 9.30. The van der Waals surface area contributed by atoms with Gasteiger partial charge in [0.05, 0.1) is 22.4 Å². The van der Waals surface area contributed by atoms with E-state index in [2.05, 4.69) is 5.32 Å². The second-order valence-electron chi connectivity index (χ2n) is 5.96. The molecular weight excluding hydrogens is 382 g/mol. The summed E-state index contributed by atoms with van der Waals surface area (Å²) in [6, 6.07) is 7.66. The number of ether oxygens (including phenoxy) is 1. The SMILES string of the molecule is CCOC(=O)c1c(NC(=O)c2cc(=O)c3ccccc3o2)sc(C(C)=O)c1C. The second kappa shape index (κ2) is 7.77. The predicted molar refractivity (Wildman–Crippen MR) is 105 cm³/mol. The van der Waals surface area contributed by atoms with Crippen molar-refractivity contribution < 1.29 is 23.5 Å². The van der Waals surface area contributed by atoms with Crippen molar-refractivity contribution in [1.29, 1.82) is 0 Å². The van der Waals surface area contributed by atoms with Crippen molar-refractivity contribution in [2.45, 2.75) is 20.8 Å². The molecule has 2 heterocycles. The molecule has 1 aromatic carbocycles. The van der Waals surface area contributed by atoms with Crippen LogP contribution >= 0.6 is 11.3 Å². The molecule has 0 bridgehead atoms. The van der Waals surface area contributed by atoms with E-state index in [9.17, 15) is 19.2 Å². The average molecular weight is 399 g/mol. The fourth-order valence-corrected chi connectivity index (χ4v) is 3.85. The molecule has 2 aromatic heterocycles. The van der Waals surface area contributed by atoms with Gasteiger partial charge in [-0.2, -0.15) is 0 Å². The van der Waals surface area contributed by atoms with Crippen molar-refractivity contribution in [3.8, 4) is 0 Å². The van der Waals surface area contributed by atoms with Crippen molar-refractivity contribution in [3.63, 3.8) is 0 Å². The molecule has 0 radical (unpaired) electrons. The van der Waals surface area contributed by atoms with Crippen molar-refractivity contribution in [1.82, 2.24) is 0 Å². The number of benzene rings is 1. The maximum Gasteiger partial charge on any atom is 0.341 e. The maximum absolute atomic E-state index is 12.7. The monoisotopic (exact) mass is 399 g/mol. The largest absolute Gasteiger partial charge is 0.462 e. The van der Waals surface area contributed by atoms with Gasteiger partial charge in [0.2, 0.25) is 0 Å². The van der Waals surface area contributed by atoms with E-state index in [-0.39, 0.29) is 39.7 Å². The molecule has 0 atom stereocenters. The number of fused-ring (bicyclic) bond motifs is 1. The number of carbonyl (C=O) groups excluding carboxylic acids is 3. The quantitative estimate of drug-likeness (QED) is 0.517. The molecule has 0 saturated carbocycles. The van der Waals surface area contributed by atoms with Gasteiger partial charge in [-0.25, -0.2) is 4.79 Å². The number of rotatable bonds is 5. The summed E-state index contributed by atoms with van der Waals surface area (Å²) >= 11 is 0.977. The summed E-state index contributed by atoms with van der Waals surface area (Å²) in [7, 11) is 0. The van der Waals surface area contributed by atoms with Crippen LogP contribution in [0.4, 0.5) is 5.00 Å². The first kappa shape index (κ1) is 19.5. The van der Waals surface area contributed by atoms with Crippen LogP contribution in [0.3, 0.4) is 0 Å². The molecule has 8 heteroatoms. The Bertz CT molecular complexity index is 1160. The number of nitrogens with one attached hydrogen (secondary N) is 1. The van der Waals surface area contributed by atoms with Gasteiger partial charge in [0.15, 0.2) is 17.0 Å². The van der Waals surface area contributed by atoms with Gasteiger partial charge < -0.3 is 14.5 Å². The third-order valence-corrected chi connectivity index (χ3v) is 5.34. The molecule has 1 N–H and O–H groups in total. The highest BCUT2D eigenvalue weighted by Gasteiger charge is 2.26. The van der Waals surface area contributed by atoms with Crippen molar-refractivity contribution >= 4 is 45.0 Å². The second-order valence-corrected chi connectivity index (χ2v) is 6.98. The lowest BCUT2D eigenvalue weighted by atomic mass is 10.1. The molecule has 0 aliphatic rings. The number of Topliss-reactive ketones (excluding diaryl/α,β-unsaturated/α-hetero) is 1. The molecule has 7 nitrogen and oxygen atoms in total. The minimum absolute atomic E-state index is 0.119. The highest BCUT2D eigenvalue weighted by atomic mass is 32.1. The Kier molecular flexibility index (Phi) is 5.41. The Morgan fingerprint density at radius 1 is 1.21 bits per heavy atom. The van der Waals surface area contributed by atoms with Gasteiger partial charge in [0.25, 0.3) is 5.91 Å². The standard InChI is InChI=1S/C20H17NO6S/c1-4-26-20(25)16-10(2)17(11(3)22)28-19(16)21-18(24)15-9-13(23)12-7-5-6-8-14(12)27-15/h5-9H,4H2,1-3H3,(H,21,24). The Morgan fingerprint density at radius 2 is 1.93 bits per heavy atom. The highest BCUT2D eigenvalue weighted by Crippen LogP contribution is 2.34.